The monoisotopic (exact) mass is 744 g/mol. The minimum absolute atomic E-state index is 0.0203. The molecule has 51 heavy (non-hydrogen) atoms. The maximum Gasteiger partial charge on any atom is 0.301 e. The fraction of sp³-hybridized carbons (Fsp3) is 0.611. The first-order valence-electron chi connectivity index (χ1n) is 17.8. The molecular formula is C36H49ClN6O7S. The van der Waals surface area contributed by atoms with E-state index in [0.29, 0.717) is 30.0 Å². The first kappa shape index (κ1) is 37.3. The number of nitrogens with zero attached hydrogens (tertiary/aromatic N) is 1. The average Bonchev–Trinajstić information content (AvgIpc) is 3.94. The van der Waals surface area contributed by atoms with Gasteiger partial charge in [-0.3, -0.25) is 29.5 Å². The normalized spacial score (nSPS) is 28.4. The molecule has 1 spiro atoms. The summed E-state index contributed by atoms with van der Waals surface area (Å²) in [5.41, 5.74) is 0.862. The Morgan fingerprint density at radius 3 is 2.47 bits per heavy atom. The molecule has 5 N–H and O–H groups in total. The predicted octanol–water partition coefficient (Wildman–Crippen LogP) is 3.23. The Bertz CT molecular complexity index is 1720. The van der Waals surface area contributed by atoms with E-state index < -0.39 is 62.5 Å². The lowest BCUT2D eigenvalue weighted by atomic mass is 9.84. The lowest BCUT2D eigenvalue weighted by molar-refractivity contribution is -0.145. The number of hydrogen-bond acceptors (Lipinski definition) is 8. The highest BCUT2D eigenvalue weighted by atomic mass is 35.5. The van der Waals surface area contributed by atoms with Gasteiger partial charge in [0.1, 0.15) is 23.2 Å². The summed E-state index contributed by atoms with van der Waals surface area (Å²) in [6, 6.07) is 4.83. The van der Waals surface area contributed by atoms with Crippen molar-refractivity contribution >= 4 is 51.1 Å². The number of carbonyl (C=O) groups excluding carboxylic acids is 4. The van der Waals surface area contributed by atoms with Crippen LogP contribution in [-0.4, -0.2) is 72.8 Å². The maximum atomic E-state index is 14.6. The number of likely N-dealkylation sites (tertiary alicyclic amines) is 1. The second kappa shape index (κ2) is 14.2. The third-order valence-electron chi connectivity index (χ3n) is 10.6. The third kappa shape index (κ3) is 8.45. The Morgan fingerprint density at radius 2 is 1.84 bits per heavy atom. The molecule has 13 nitrogen and oxygen atoms in total. The first-order valence-corrected chi connectivity index (χ1v) is 19.7. The highest BCUT2D eigenvalue weighted by molar-refractivity contribution is 7.88. The van der Waals surface area contributed by atoms with Gasteiger partial charge in [0.15, 0.2) is 0 Å². The van der Waals surface area contributed by atoms with Gasteiger partial charge in [-0.25, -0.2) is 4.72 Å². The van der Waals surface area contributed by atoms with E-state index in [1.54, 1.807) is 18.2 Å². The fourth-order valence-corrected chi connectivity index (χ4v) is 8.86. The van der Waals surface area contributed by atoms with Crippen LogP contribution in [0.1, 0.15) is 90.5 Å². The van der Waals surface area contributed by atoms with Crippen molar-refractivity contribution in [2.45, 2.75) is 114 Å². The molecule has 1 saturated heterocycles. The van der Waals surface area contributed by atoms with Gasteiger partial charge < -0.3 is 15.5 Å². The summed E-state index contributed by atoms with van der Waals surface area (Å²) in [5, 5.41) is 6.33. The van der Waals surface area contributed by atoms with Gasteiger partial charge >= 0.3 is 10.2 Å². The van der Waals surface area contributed by atoms with Crippen LogP contribution >= 0.6 is 11.6 Å². The summed E-state index contributed by atoms with van der Waals surface area (Å²) >= 11 is 6.25. The van der Waals surface area contributed by atoms with Crippen LogP contribution in [0.2, 0.25) is 5.02 Å². The highest BCUT2D eigenvalue weighted by Crippen LogP contribution is 2.46. The van der Waals surface area contributed by atoms with Gasteiger partial charge in [0, 0.05) is 35.4 Å². The van der Waals surface area contributed by atoms with Crippen molar-refractivity contribution in [1.29, 1.82) is 0 Å². The number of benzene rings is 1. The summed E-state index contributed by atoms with van der Waals surface area (Å²) in [6.07, 6.45) is 10.4. The number of hydrogen-bond donors (Lipinski definition) is 5. The first-order chi connectivity index (χ1) is 24.0. The SMILES string of the molecule is C=C[C@@H]1C[C@]1(NC(=O)[C@@H]1C[C@]2(C=C(c3cccc(Cl)c3)NO2)CN1C(=O)[C@@H](NC(=O)CC1CCCCC1)C(C)(C)C)C(=O)NS(=O)(=O)NC1CC1. The molecule has 3 saturated carbocycles. The molecule has 3 aliphatic carbocycles. The summed E-state index contributed by atoms with van der Waals surface area (Å²) in [5.74, 6) is -2.48. The van der Waals surface area contributed by atoms with Gasteiger partial charge in [-0.15, -0.1) is 6.58 Å². The largest absolute Gasteiger partial charge is 0.344 e. The van der Waals surface area contributed by atoms with Crippen LogP contribution in [0.4, 0.5) is 0 Å². The number of nitrogens with one attached hydrogen (secondary N) is 5. The van der Waals surface area contributed by atoms with E-state index in [-0.39, 0.29) is 37.3 Å². The summed E-state index contributed by atoms with van der Waals surface area (Å²) in [7, 11) is -4.16. The lowest BCUT2D eigenvalue weighted by Gasteiger charge is -2.36. The number of amides is 4. The number of carbonyl (C=O) groups is 4. The van der Waals surface area contributed by atoms with Crippen molar-refractivity contribution in [2.75, 3.05) is 6.54 Å². The summed E-state index contributed by atoms with van der Waals surface area (Å²) in [4.78, 5) is 63.4. The van der Waals surface area contributed by atoms with E-state index in [2.05, 4.69) is 32.1 Å². The number of halogens is 1. The molecule has 4 amide bonds. The molecule has 5 atom stereocenters. The molecule has 5 aliphatic rings. The van der Waals surface area contributed by atoms with Crippen molar-refractivity contribution in [3.8, 4) is 0 Å². The Labute approximate surface area is 304 Å². The van der Waals surface area contributed by atoms with Crippen LogP contribution in [0.25, 0.3) is 5.70 Å². The van der Waals surface area contributed by atoms with Crippen LogP contribution in [0.15, 0.2) is 43.0 Å². The van der Waals surface area contributed by atoms with E-state index in [4.69, 9.17) is 16.4 Å². The second-order valence-corrected chi connectivity index (χ2v) is 17.8. The van der Waals surface area contributed by atoms with Crippen molar-refractivity contribution in [2.24, 2.45) is 17.3 Å². The minimum Gasteiger partial charge on any atom is -0.344 e. The summed E-state index contributed by atoms with van der Waals surface area (Å²) < 4.78 is 29.8. The van der Waals surface area contributed by atoms with E-state index >= 15 is 0 Å². The molecule has 2 aliphatic heterocycles. The molecule has 2 heterocycles. The number of rotatable bonds is 12. The van der Waals surface area contributed by atoms with Gasteiger partial charge in [-0.05, 0) is 61.6 Å². The van der Waals surface area contributed by atoms with Crippen LogP contribution in [0, 0.1) is 17.3 Å². The Morgan fingerprint density at radius 1 is 1.12 bits per heavy atom. The van der Waals surface area contributed by atoms with Crippen molar-refractivity contribution < 1.29 is 32.4 Å². The van der Waals surface area contributed by atoms with Crippen LogP contribution < -0.4 is 25.6 Å². The molecule has 0 aromatic heterocycles. The standard InChI is InChI=1S/C36H49ClN6O7S/c1-5-24-18-36(24,33(47)42-51(48,49)41-26-14-15-26)39-31(45)28-20-35(19-27(40-50-35)23-12-9-13-25(37)17-23)21-43(28)32(46)30(34(2,3)4)38-29(44)16-22-10-7-6-8-11-22/h5,9,12-13,17,19,22,24,26,28,30,40-41H,1,6-8,10-11,14-16,18,20-21H2,2-4H3,(H,38,44)(H,39,45)(H,42,47)/t24-,28+,30-,35-,36-/m1/s1. The topological polar surface area (TPSA) is 175 Å². The Balaban J connectivity index is 1.27. The average molecular weight is 745 g/mol. The van der Waals surface area contributed by atoms with Gasteiger partial charge in [0.25, 0.3) is 5.91 Å². The highest BCUT2D eigenvalue weighted by Gasteiger charge is 2.62. The quantitative estimate of drug-likeness (QED) is 0.203. The van der Waals surface area contributed by atoms with E-state index in [1.165, 1.54) is 11.0 Å². The van der Waals surface area contributed by atoms with E-state index in [9.17, 15) is 27.6 Å². The smallest absolute Gasteiger partial charge is 0.301 e. The number of hydroxylamine groups is 1. The lowest BCUT2D eigenvalue weighted by Crippen LogP contribution is -2.60. The molecule has 0 unspecified atom stereocenters. The van der Waals surface area contributed by atoms with Crippen LogP contribution in [0.3, 0.4) is 0 Å². The molecule has 1 aromatic carbocycles. The molecule has 4 fully saturated rings. The van der Waals surface area contributed by atoms with Gasteiger partial charge in [-0.2, -0.15) is 13.1 Å². The second-order valence-electron chi connectivity index (χ2n) is 15.9. The maximum absolute atomic E-state index is 14.6. The molecule has 15 heteroatoms. The van der Waals surface area contributed by atoms with Crippen LogP contribution in [0.5, 0.6) is 0 Å². The van der Waals surface area contributed by atoms with Gasteiger partial charge in [0.2, 0.25) is 17.7 Å². The third-order valence-corrected chi connectivity index (χ3v) is 12.0. The Hall–Kier alpha value is -3.46. The zero-order valence-corrected chi connectivity index (χ0v) is 31.0. The molecular weight excluding hydrogens is 696 g/mol. The molecule has 6 rings (SSSR count). The van der Waals surface area contributed by atoms with Crippen molar-refractivity contribution in [3.05, 3.63) is 53.6 Å². The van der Waals surface area contributed by atoms with Crippen molar-refractivity contribution in [3.63, 3.8) is 0 Å². The Kier molecular flexibility index (Phi) is 10.4. The van der Waals surface area contributed by atoms with Gasteiger partial charge in [0.05, 0.1) is 12.2 Å². The zero-order chi connectivity index (χ0) is 36.8. The molecule has 0 bridgehead atoms. The predicted molar refractivity (Wildman–Crippen MR) is 191 cm³/mol. The van der Waals surface area contributed by atoms with Crippen LogP contribution in [-0.2, 0) is 34.2 Å². The van der Waals surface area contributed by atoms with E-state index in [0.717, 1.165) is 37.7 Å². The fourth-order valence-electron chi connectivity index (χ4n) is 7.51. The molecule has 0 radical (unpaired) electrons. The molecule has 278 valence electrons. The molecule has 1 aromatic rings. The minimum atomic E-state index is -4.16. The summed E-state index contributed by atoms with van der Waals surface area (Å²) in [6.45, 7) is 9.32. The van der Waals surface area contributed by atoms with E-state index in [1.807, 2.05) is 32.9 Å². The van der Waals surface area contributed by atoms with Crippen molar-refractivity contribution in [1.82, 2.24) is 30.5 Å². The zero-order valence-electron chi connectivity index (χ0n) is 29.4. The van der Waals surface area contributed by atoms with Gasteiger partial charge in [-0.1, -0.05) is 69.8 Å².